The summed E-state index contributed by atoms with van der Waals surface area (Å²) in [6, 6.07) is 5.42. The number of aromatic amines is 1. The Morgan fingerprint density at radius 3 is 2.67 bits per heavy atom. The third-order valence-electron chi connectivity index (χ3n) is 3.91. The van der Waals surface area contributed by atoms with Crippen LogP contribution >= 0.6 is 11.6 Å². The summed E-state index contributed by atoms with van der Waals surface area (Å²) in [5.41, 5.74) is 1.20. The zero-order valence-electron chi connectivity index (χ0n) is 13.2. The minimum Gasteiger partial charge on any atom is -0.450 e. The Morgan fingerprint density at radius 2 is 2.08 bits per heavy atom. The van der Waals surface area contributed by atoms with Crippen LogP contribution in [-0.2, 0) is 4.74 Å². The van der Waals surface area contributed by atoms with E-state index in [-0.39, 0.29) is 11.8 Å². The van der Waals surface area contributed by atoms with E-state index in [1.165, 1.54) is 10.9 Å². The molecule has 3 rings (SSSR count). The van der Waals surface area contributed by atoms with Gasteiger partial charge in [-0.3, -0.25) is 0 Å². The number of amides is 1. The molecule has 24 heavy (non-hydrogen) atoms. The number of carbonyl (C=O) groups is 1. The highest BCUT2D eigenvalue weighted by Gasteiger charge is 2.23. The molecule has 128 valence electrons. The van der Waals surface area contributed by atoms with Gasteiger partial charge < -0.3 is 14.5 Å². The number of benzene rings is 1. The molecule has 0 spiro atoms. The lowest BCUT2D eigenvalue weighted by atomic mass is 10.2. The van der Waals surface area contributed by atoms with Crippen molar-refractivity contribution in [1.29, 1.82) is 0 Å². The second kappa shape index (κ2) is 6.96. The van der Waals surface area contributed by atoms with Crippen LogP contribution < -0.4 is 10.6 Å². The van der Waals surface area contributed by atoms with Crippen molar-refractivity contribution in [2.75, 3.05) is 37.7 Å². The van der Waals surface area contributed by atoms with E-state index in [1.807, 2.05) is 12.1 Å². The van der Waals surface area contributed by atoms with Crippen molar-refractivity contribution < 1.29 is 9.53 Å². The number of ether oxygens (including phenoxy) is 1. The van der Waals surface area contributed by atoms with Gasteiger partial charge in [0.1, 0.15) is 6.33 Å². The molecule has 8 nitrogen and oxygen atoms in total. The predicted octanol–water partition coefficient (Wildman–Crippen LogP) is 1.49. The number of nitrogens with zero attached hydrogens (tertiary/aromatic N) is 4. The Balaban J connectivity index is 1.71. The molecule has 0 atom stereocenters. The number of piperazine rings is 1. The number of anilines is 1. The fourth-order valence-corrected chi connectivity index (χ4v) is 2.97. The molecule has 1 aliphatic rings. The van der Waals surface area contributed by atoms with Gasteiger partial charge >= 0.3 is 11.8 Å². The van der Waals surface area contributed by atoms with E-state index >= 15 is 0 Å². The quantitative estimate of drug-likeness (QED) is 0.905. The average Bonchev–Trinajstić information content (AvgIpc) is 3.01. The van der Waals surface area contributed by atoms with E-state index in [0.717, 1.165) is 5.69 Å². The first-order chi connectivity index (χ1) is 11.6. The van der Waals surface area contributed by atoms with E-state index in [0.29, 0.717) is 43.5 Å². The molecule has 1 aliphatic heterocycles. The minimum absolute atomic E-state index is 0.280. The maximum atomic E-state index is 11.7. The molecule has 0 radical (unpaired) electrons. The van der Waals surface area contributed by atoms with Crippen LogP contribution in [0.4, 0.5) is 10.5 Å². The Kier molecular flexibility index (Phi) is 4.75. The summed E-state index contributed by atoms with van der Waals surface area (Å²) in [6.07, 6.45) is 1.13. The fourth-order valence-electron chi connectivity index (χ4n) is 2.68. The van der Waals surface area contributed by atoms with Crippen molar-refractivity contribution >= 4 is 23.4 Å². The molecular formula is C15H18ClN5O3. The zero-order chi connectivity index (χ0) is 17.1. The molecule has 0 unspecified atom stereocenters. The lowest BCUT2D eigenvalue weighted by Crippen LogP contribution is -2.49. The van der Waals surface area contributed by atoms with Crippen LogP contribution in [0.15, 0.2) is 29.3 Å². The van der Waals surface area contributed by atoms with Crippen LogP contribution in [0.2, 0.25) is 5.02 Å². The van der Waals surface area contributed by atoms with Crippen LogP contribution in [-0.4, -0.2) is 58.5 Å². The zero-order valence-corrected chi connectivity index (χ0v) is 14.0. The normalized spacial score (nSPS) is 14.8. The largest absolute Gasteiger partial charge is 0.450 e. The summed E-state index contributed by atoms with van der Waals surface area (Å²) in [7, 11) is 0. The number of aromatic nitrogens is 3. The lowest BCUT2D eigenvalue weighted by molar-refractivity contribution is 0.105. The second-order valence-electron chi connectivity index (χ2n) is 5.34. The minimum atomic E-state index is -0.318. The smallest absolute Gasteiger partial charge is 0.409 e. The Labute approximate surface area is 143 Å². The summed E-state index contributed by atoms with van der Waals surface area (Å²) in [5, 5.41) is 6.59. The molecular weight excluding hydrogens is 334 g/mol. The summed E-state index contributed by atoms with van der Waals surface area (Å²) < 4.78 is 6.40. The molecule has 1 N–H and O–H groups in total. The highest BCUT2D eigenvalue weighted by molar-refractivity contribution is 6.33. The van der Waals surface area contributed by atoms with E-state index < -0.39 is 0 Å². The lowest BCUT2D eigenvalue weighted by Gasteiger charge is -2.35. The average molecular weight is 352 g/mol. The number of nitrogens with one attached hydrogen (secondary N) is 1. The SMILES string of the molecule is CCOC(=O)N1CCN(c2ccc(-n3cn[nH]c3=O)cc2Cl)CC1. The first-order valence-corrected chi connectivity index (χ1v) is 8.06. The van der Waals surface area contributed by atoms with E-state index in [2.05, 4.69) is 15.1 Å². The predicted molar refractivity (Wildman–Crippen MR) is 90.0 cm³/mol. The van der Waals surface area contributed by atoms with Gasteiger partial charge in [-0.05, 0) is 25.1 Å². The van der Waals surface area contributed by atoms with Crippen molar-refractivity contribution in [3.05, 3.63) is 40.0 Å². The van der Waals surface area contributed by atoms with Crippen molar-refractivity contribution in [2.45, 2.75) is 6.92 Å². The molecule has 0 saturated carbocycles. The van der Waals surface area contributed by atoms with Crippen molar-refractivity contribution in [2.24, 2.45) is 0 Å². The van der Waals surface area contributed by atoms with E-state index in [4.69, 9.17) is 16.3 Å². The first kappa shape index (κ1) is 16.4. The molecule has 2 heterocycles. The molecule has 0 bridgehead atoms. The van der Waals surface area contributed by atoms with Gasteiger partial charge in [-0.1, -0.05) is 11.6 Å². The monoisotopic (exact) mass is 351 g/mol. The van der Waals surface area contributed by atoms with Crippen LogP contribution in [0.5, 0.6) is 0 Å². The van der Waals surface area contributed by atoms with E-state index in [9.17, 15) is 9.59 Å². The second-order valence-corrected chi connectivity index (χ2v) is 5.75. The fraction of sp³-hybridized carbons (Fsp3) is 0.400. The summed E-state index contributed by atoms with van der Waals surface area (Å²) in [4.78, 5) is 27.1. The third kappa shape index (κ3) is 3.23. The molecule has 2 aromatic rings. The van der Waals surface area contributed by atoms with Gasteiger partial charge in [0, 0.05) is 26.2 Å². The summed E-state index contributed by atoms with van der Waals surface area (Å²) >= 11 is 6.39. The van der Waals surface area contributed by atoms with Crippen LogP contribution in [0.25, 0.3) is 5.69 Å². The number of carbonyl (C=O) groups excluding carboxylic acids is 1. The molecule has 1 aromatic heterocycles. The first-order valence-electron chi connectivity index (χ1n) is 7.68. The summed E-state index contributed by atoms with van der Waals surface area (Å²) in [6.45, 7) is 4.67. The Hall–Kier alpha value is -2.48. The van der Waals surface area contributed by atoms with Crippen molar-refractivity contribution in [1.82, 2.24) is 19.7 Å². The van der Waals surface area contributed by atoms with Crippen LogP contribution in [0.1, 0.15) is 6.92 Å². The molecule has 1 aromatic carbocycles. The molecule has 1 fully saturated rings. The number of hydrogen-bond donors (Lipinski definition) is 1. The number of rotatable bonds is 3. The third-order valence-corrected chi connectivity index (χ3v) is 4.21. The van der Waals surface area contributed by atoms with Crippen LogP contribution in [0.3, 0.4) is 0 Å². The summed E-state index contributed by atoms with van der Waals surface area (Å²) in [5.74, 6) is 0. The number of halogens is 1. The van der Waals surface area contributed by atoms with Gasteiger partial charge in [-0.25, -0.2) is 19.3 Å². The van der Waals surface area contributed by atoms with Gasteiger partial charge in [0.15, 0.2) is 0 Å². The Bertz CT molecular complexity index is 779. The maximum absolute atomic E-state index is 11.7. The van der Waals surface area contributed by atoms with Crippen molar-refractivity contribution in [3.63, 3.8) is 0 Å². The van der Waals surface area contributed by atoms with Gasteiger partial charge in [0.05, 0.1) is 23.0 Å². The van der Waals surface area contributed by atoms with Gasteiger partial charge in [-0.15, -0.1) is 0 Å². The highest BCUT2D eigenvalue weighted by Crippen LogP contribution is 2.28. The molecule has 1 amide bonds. The Morgan fingerprint density at radius 1 is 1.33 bits per heavy atom. The highest BCUT2D eigenvalue weighted by atomic mass is 35.5. The molecule has 9 heteroatoms. The van der Waals surface area contributed by atoms with Crippen molar-refractivity contribution in [3.8, 4) is 5.69 Å². The maximum Gasteiger partial charge on any atom is 0.409 e. The number of hydrogen-bond acceptors (Lipinski definition) is 5. The number of H-pyrrole nitrogens is 1. The van der Waals surface area contributed by atoms with Gasteiger partial charge in [0.25, 0.3) is 0 Å². The van der Waals surface area contributed by atoms with E-state index in [1.54, 1.807) is 17.9 Å². The van der Waals surface area contributed by atoms with Crippen LogP contribution in [0, 0.1) is 0 Å². The topological polar surface area (TPSA) is 83.5 Å². The van der Waals surface area contributed by atoms with Gasteiger partial charge in [0.2, 0.25) is 0 Å². The standard InChI is InChI=1S/C15H18ClN5O3/c1-2-24-15(23)20-7-5-19(6-8-20)13-4-3-11(9-12(13)16)21-10-17-18-14(21)22/h3-4,9-10H,2,5-8H2,1H3,(H,18,22). The molecule has 1 saturated heterocycles. The molecule has 0 aliphatic carbocycles. The van der Waals surface area contributed by atoms with Gasteiger partial charge in [-0.2, -0.15) is 5.10 Å².